The van der Waals surface area contributed by atoms with Gasteiger partial charge in [-0.05, 0) is 35.9 Å². The van der Waals surface area contributed by atoms with Crippen molar-refractivity contribution in [1.82, 2.24) is 24.6 Å². The third-order valence-electron chi connectivity index (χ3n) is 5.32. The van der Waals surface area contributed by atoms with Gasteiger partial charge in [-0.25, -0.2) is 9.67 Å². The van der Waals surface area contributed by atoms with E-state index in [1.165, 1.54) is 21.8 Å². The first-order valence-corrected chi connectivity index (χ1v) is 10.9. The van der Waals surface area contributed by atoms with Crippen molar-refractivity contribution in [3.8, 4) is 0 Å². The standard InChI is InChI=1S/C23H16ClF6N5O2/c24-17-3-1-2-13(6-17)11-34-12-32-19-18(21(34)37)10-33-35(19)5-4-31-20(36)14-7-15(22(25,26)27)9-16(8-14)23(28,29)30/h1-3,6-10,12H,4-5,11H2,(H,31,36). The highest BCUT2D eigenvalue weighted by molar-refractivity contribution is 6.30. The topological polar surface area (TPSA) is 81.8 Å². The number of aromatic nitrogens is 4. The van der Waals surface area contributed by atoms with Gasteiger partial charge in [-0.2, -0.15) is 31.4 Å². The molecule has 2 aromatic heterocycles. The number of benzene rings is 2. The highest BCUT2D eigenvalue weighted by Crippen LogP contribution is 2.36. The van der Waals surface area contributed by atoms with Gasteiger partial charge < -0.3 is 5.32 Å². The van der Waals surface area contributed by atoms with E-state index in [4.69, 9.17) is 11.6 Å². The summed E-state index contributed by atoms with van der Waals surface area (Å²) in [5, 5.41) is 7.01. The van der Waals surface area contributed by atoms with Crippen molar-refractivity contribution >= 4 is 28.5 Å². The van der Waals surface area contributed by atoms with Crippen LogP contribution in [0.1, 0.15) is 27.0 Å². The number of alkyl halides is 6. The van der Waals surface area contributed by atoms with E-state index < -0.39 is 35.0 Å². The van der Waals surface area contributed by atoms with Crippen molar-refractivity contribution in [1.29, 1.82) is 0 Å². The molecule has 37 heavy (non-hydrogen) atoms. The Labute approximate surface area is 209 Å². The van der Waals surface area contributed by atoms with E-state index in [9.17, 15) is 35.9 Å². The van der Waals surface area contributed by atoms with Crippen LogP contribution in [0.2, 0.25) is 5.02 Å². The lowest BCUT2D eigenvalue weighted by Gasteiger charge is -2.14. The molecule has 0 aliphatic rings. The van der Waals surface area contributed by atoms with E-state index in [-0.39, 0.29) is 42.3 Å². The molecule has 1 amide bonds. The molecular formula is C23H16ClF6N5O2. The molecule has 194 valence electrons. The summed E-state index contributed by atoms with van der Waals surface area (Å²) in [4.78, 5) is 29.4. The van der Waals surface area contributed by atoms with Crippen molar-refractivity contribution in [3.63, 3.8) is 0 Å². The highest BCUT2D eigenvalue weighted by atomic mass is 35.5. The van der Waals surface area contributed by atoms with Crippen LogP contribution in [0.25, 0.3) is 11.0 Å². The normalized spacial score (nSPS) is 12.2. The maximum Gasteiger partial charge on any atom is 0.416 e. The minimum absolute atomic E-state index is 0.0505. The fourth-order valence-electron chi connectivity index (χ4n) is 3.57. The Balaban J connectivity index is 1.48. The number of nitrogens with one attached hydrogen (secondary N) is 1. The Bertz CT molecular complexity index is 1490. The molecule has 0 bridgehead atoms. The summed E-state index contributed by atoms with van der Waals surface area (Å²) in [5.74, 6) is -1.13. The Morgan fingerprint density at radius 3 is 2.30 bits per heavy atom. The predicted molar refractivity (Wildman–Crippen MR) is 121 cm³/mol. The molecular weight excluding hydrogens is 528 g/mol. The van der Waals surface area contributed by atoms with E-state index in [1.807, 2.05) is 0 Å². The molecule has 0 spiro atoms. The van der Waals surface area contributed by atoms with Gasteiger partial charge in [-0.1, -0.05) is 23.7 Å². The zero-order valence-corrected chi connectivity index (χ0v) is 19.3. The van der Waals surface area contributed by atoms with Crippen LogP contribution in [0.5, 0.6) is 0 Å². The van der Waals surface area contributed by atoms with Crippen molar-refractivity contribution in [2.75, 3.05) is 6.54 Å². The summed E-state index contributed by atoms with van der Waals surface area (Å²) < 4.78 is 80.9. The number of hydrogen-bond donors (Lipinski definition) is 1. The summed E-state index contributed by atoms with van der Waals surface area (Å²) in [7, 11) is 0. The van der Waals surface area contributed by atoms with Crippen LogP contribution < -0.4 is 10.9 Å². The number of fused-ring (bicyclic) bond motifs is 1. The van der Waals surface area contributed by atoms with Gasteiger partial charge in [0.15, 0.2) is 5.65 Å². The molecule has 0 saturated heterocycles. The SMILES string of the molecule is O=C(NCCn1ncc2c(=O)n(Cc3cccc(Cl)c3)cnc21)c1cc(C(F)(F)F)cc(C(F)(F)F)c1. The van der Waals surface area contributed by atoms with Crippen LogP contribution in [0.4, 0.5) is 26.3 Å². The first-order valence-electron chi connectivity index (χ1n) is 10.6. The molecule has 2 heterocycles. The maximum atomic E-state index is 13.0. The molecule has 0 atom stereocenters. The zero-order chi connectivity index (χ0) is 27.0. The van der Waals surface area contributed by atoms with E-state index in [0.717, 1.165) is 5.56 Å². The third-order valence-corrected chi connectivity index (χ3v) is 5.56. The summed E-state index contributed by atoms with van der Waals surface area (Å²) in [6, 6.07) is 7.56. The lowest BCUT2D eigenvalue weighted by atomic mass is 10.0. The van der Waals surface area contributed by atoms with Crippen molar-refractivity contribution in [3.05, 3.63) is 92.6 Å². The van der Waals surface area contributed by atoms with E-state index in [0.29, 0.717) is 17.2 Å². The van der Waals surface area contributed by atoms with Crippen molar-refractivity contribution < 1.29 is 31.1 Å². The lowest BCUT2D eigenvalue weighted by Crippen LogP contribution is -2.28. The number of rotatable bonds is 6. The predicted octanol–water partition coefficient (Wildman–Crippen LogP) is 4.76. The van der Waals surface area contributed by atoms with E-state index >= 15 is 0 Å². The molecule has 4 rings (SSSR count). The molecule has 14 heteroatoms. The number of hydrogen-bond acceptors (Lipinski definition) is 4. The number of nitrogens with zero attached hydrogens (tertiary/aromatic N) is 4. The van der Waals surface area contributed by atoms with Crippen LogP contribution in [0.15, 0.2) is 59.8 Å². The van der Waals surface area contributed by atoms with E-state index in [1.54, 1.807) is 24.3 Å². The maximum absolute atomic E-state index is 13.0. The summed E-state index contributed by atoms with van der Waals surface area (Å²) in [6.07, 6.45) is -7.56. The van der Waals surface area contributed by atoms with Crippen molar-refractivity contribution in [2.45, 2.75) is 25.4 Å². The van der Waals surface area contributed by atoms with Gasteiger partial charge in [0, 0.05) is 17.1 Å². The Hall–Kier alpha value is -3.87. The molecule has 7 nitrogen and oxygen atoms in total. The number of carbonyl (C=O) groups is 1. The highest BCUT2D eigenvalue weighted by Gasteiger charge is 2.37. The van der Waals surface area contributed by atoms with Gasteiger partial charge in [0.25, 0.3) is 11.5 Å². The number of amides is 1. The molecule has 1 N–H and O–H groups in total. The Kier molecular flexibility index (Phi) is 7.00. The van der Waals surface area contributed by atoms with Crippen LogP contribution in [-0.4, -0.2) is 31.8 Å². The quantitative estimate of drug-likeness (QED) is 0.356. The van der Waals surface area contributed by atoms with Crippen LogP contribution in [0, 0.1) is 0 Å². The summed E-state index contributed by atoms with van der Waals surface area (Å²) in [6.45, 7) is -0.0496. The third kappa shape index (κ3) is 5.93. The van der Waals surface area contributed by atoms with Gasteiger partial charge in [0.05, 0.1) is 30.4 Å². The van der Waals surface area contributed by atoms with Gasteiger partial charge in [-0.3, -0.25) is 14.2 Å². The molecule has 4 aromatic rings. The first-order chi connectivity index (χ1) is 17.3. The average Bonchev–Trinajstić information content (AvgIpc) is 3.23. The van der Waals surface area contributed by atoms with Crippen LogP contribution in [0.3, 0.4) is 0 Å². The van der Waals surface area contributed by atoms with Gasteiger partial charge in [-0.15, -0.1) is 0 Å². The summed E-state index contributed by atoms with van der Waals surface area (Å²) >= 11 is 5.97. The molecule has 0 aliphatic heterocycles. The molecule has 0 aliphatic carbocycles. The fourth-order valence-corrected chi connectivity index (χ4v) is 3.78. The lowest BCUT2D eigenvalue weighted by molar-refractivity contribution is -0.143. The van der Waals surface area contributed by atoms with Gasteiger partial charge in [0.2, 0.25) is 0 Å². The Morgan fingerprint density at radius 2 is 1.68 bits per heavy atom. The minimum Gasteiger partial charge on any atom is -0.350 e. The van der Waals surface area contributed by atoms with E-state index in [2.05, 4.69) is 15.4 Å². The number of carbonyl (C=O) groups excluding carboxylic acids is 1. The monoisotopic (exact) mass is 543 g/mol. The minimum atomic E-state index is -5.07. The van der Waals surface area contributed by atoms with Gasteiger partial charge in [0.1, 0.15) is 11.7 Å². The van der Waals surface area contributed by atoms with Crippen LogP contribution >= 0.6 is 11.6 Å². The largest absolute Gasteiger partial charge is 0.416 e. The average molecular weight is 544 g/mol. The first kappa shape index (κ1) is 26.2. The number of halogens is 7. The second-order valence-electron chi connectivity index (χ2n) is 7.96. The van der Waals surface area contributed by atoms with Crippen molar-refractivity contribution in [2.24, 2.45) is 0 Å². The molecule has 0 radical (unpaired) electrons. The summed E-state index contributed by atoms with van der Waals surface area (Å²) in [5.41, 5.74) is -3.40. The molecule has 0 saturated carbocycles. The molecule has 2 aromatic carbocycles. The van der Waals surface area contributed by atoms with Crippen LogP contribution in [-0.2, 0) is 25.4 Å². The fraction of sp³-hybridized carbons (Fsp3) is 0.217. The zero-order valence-electron chi connectivity index (χ0n) is 18.6. The molecule has 0 fully saturated rings. The second-order valence-corrected chi connectivity index (χ2v) is 8.40. The smallest absolute Gasteiger partial charge is 0.350 e. The molecule has 0 unspecified atom stereocenters. The Morgan fingerprint density at radius 1 is 1.00 bits per heavy atom. The second kappa shape index (κ2) is 9.88. The van der Waals surface area contributed by atoms with Gasteiger partial charge >= 0.3 is 12.4 Å².